The van der Waals surface area contributed by atoms with Crippen molar-refractivity contribution in [2.24, 2.45) is 0 Å². The molecule has 0 spiro atoms. The van der Waals surface area contributed by atoms with Gasteiger partial charge in [-0.05, 0) is 35.4 Å². The molecule has 0 amide bonds. The number of halogens is 2. The Kier molecular flexibility index (Phi) is 3.71. The number of aromatic nitrogens is 3. The second-order valence-corrected chi connectivity index (χ2v) is 4.58. The highest BCUT2D eigenvalue weighted by molar-refractivity contribution is 5.87. The Bertz CT molecular complexity index is 860. The summed E-state index contributed by atoms with van der Waals surface area (Å²) in [6.45, 7) is 0. The van der Waals surface area contributed by atoms with Crippen LogP contribution in [0.2, 0.25) is 0 Å². The first-order valence-corrected chi connectivity index (χ1v) is 6.41. The number of aromatic amines is 1. The van der Waals surface area contributed by atoms with Crippen molar-refractivity contribution in [3.8, 4) is 22.8 Å². The number of benzene rings is 2. The van der Waals surface area contributed by atoms with Crippen LogP contribution < -0.4 is 4.74 Å². The molecule has 2 aromatic carbocycles. The lowest BCUT2D eigenvalue weighted by Gasteiger charge is -2.07. The zero-order valence-electron chi connectivity index (χ0n) is 11.5. The number of nitrogens with zero attached hydrogens (tertiary/aromatic N) is 2. The van der Waals surface area contributed by atoms with Gasteiger partial charge in [-0.2, -0.15) is 0 Å². The van der Waals surface area contributed by atoms with Gasteiger partial charge in [-0.15, -0.1) is 5.10 Å². The van der Waals surface area contributed by atoms with Crippen molar-refractivity contribution in [2.45, 2.75) is 0 Å². The number of hydrogen-bond donors (Lipinski definition) is 2. The summed E-state index contributed by atoms with van der Waals surface area (Å²) in [5.41, 5.74) is 0.464. The number of hydrogen-bond acceptors (Lipinski definition) is 4. The minimum absolute atomic E-state index is 0.139. The van der Waals surface area contributed by atoms with E-state index in [2.05, 4.69) is 15.4 Å². The zero-order valence-corrected chi connectivity index (χ0v) is 11.5. The van der Waals surface area contributed by atoms with Crippen LogP contribution in [0.1, 0.15) is 10.5 Å². The predicted octanol–water partition coefficient (Wildman–Crippen LogP) is 3.24. The molecule has 0 unspecified atom stereocenters. The third kappa shape index (κ3) is 3.15. The van der Waals surface area contributed by atoms with Crippen molar-refractivity contribution in [1.29, 1.82) is 0 Å². The minimum Gasteiger partial charge on any atom is -0.476 e. The molecule has 0 bridgehead atoms. The topological polar surface area (TPSA) is 88.1 Å². The zero-order chi connectivity index (χ0) is 16.4. The lowest BCUT2D eigenvalue weighted by atomic mass is 10.1. The number of nitrogens with one attached hydrogen (secondary N) is 1. The molecule has 1 heterocycles. The largest absolute Gasteiger partial charge is 0.476 e. The fraction of sp³-hybridized carbons (Fsp3) is 0. The standard InChI is InChI=1S/C15H9F2N3O3/c16-10-4-9(5-11(17)7-10)8-2-1-3-12(6-8)23-14-13(15(21)22)18-20-19-14/h1-7H,(H,21,22)(H,18,19,20). The van der Waals surface area contributed by atoms with E-state index in [1.54, 1.807) is 18.2 Å². The van der Waals surface area contributed by atoms with Crippen molar-refractivity contribution >= 4 is 5.97 Å². The average Bonchev–Trinajstić information content (AvgIpc) is 2.95. The summed E-state index contributed by atoms with van der Waals surface area (Å²) in [7, 11) is 0. The summed E-state index contributed by atoms with van der Waals surface area (Å²) in [6.07, 6.45) is 0. The molecule has 0 saturated heterocycles. The Morgan fingerprint density at radius 1 is 1.09 bits per heavy atom. The molecule has 0 radical (unpaired) electrons. The Balaban J connectivity index is 1.94. The van der Waals surface area contributed by atoms with Crippen LogP contribution in [0.3, 0.4) is 0 Å². The Hall–Kier alpha value is -3.29. The molecule has 1 aromatic heterocycles. The normalized spacial score (nSPS) is 10.5. The first-order valence-electron chi connectivity index (χ1n) is 6.41. The first kappa shape index (κ1) is 14.6. The average molecular weight is 317 g/mol. The van der Waals surface area contributed by atoms with Crippen LogP contribution in [0.5, 0.6) is 11.6 Å². The van der Waals surface area contributed by atoms with Gasteiger partial charge >= 0.3 is 5.97 Å². The molecular formula is C15H9F2N3O3. The van der Waals surface area contributed by atoms with E-state index in [0.717, 1.165) is 6.07 Å². The molecule has 116 valence electrons. The van der Waals surface area contributed by atoms with Gasteiger partial charge in [-0.3, -0.25) is 0 Å². The minimum atomic E-state index is -1.29. The molecule has 0 aliphatic rings. The van der Waals surface area contributed by atoms with Gasteiger partial charge < -0.3 is 9.84 Å². The molecule has 0 aliphatic heterocycles. The monoisotopic (exact) mass is 317 g/mol. The predicted molar refractivity (Wildman–Crippen MR) is 75.2 cm³/mol. The third-order valence-electron chi connectivity index (χ3n) is 2.97. The van der Waals surface area contributed by atoms with Gasteiger partial charge in [0, 0.05) is 6.07 Å². The number of ether oxygens (including phenoxy) is 1. The van der Waals surface area contributed by atoms with Gasteiger partial charge in [0.15, 0.2) is 0 Å². The van der Waals surface area contributed by atoms with Crippen molar-refractivity contribution in [3.63, 3.8) is 0 Å². The second-order valence-electron chi connectivity index (χ2n) is 4.58. The molecule has 6 nitrogen and oxygen atoms in total. The molecule has 0 atom stereocenters. The van der Waals surface area contributed by atoms with E-state index < -0.39 is 17.6 Å². The number of carbonyl (C=O) groups is 1. The van der Waals surface area contributed by atoms with Crippen LogP contribution >= 0.6 is 0 Å². The van der Waals surface area contributed by atoms with E-state index in [4.69, 9.17) is 9.84 Å². The summed E-state index contributed by atoms with van der Waals surface area (Å²) in [6, 6.07) is 9.47. The van der Waals surface area contributed by atoms with E-state index in [1.807, 2.05) is 0 Å². The molecular weight excluding hydrogens is 308 g/mol. The van der Waals surface area contributed by atoms with Crippen molar-refractivity contribution in [3.05, 3.63) is 59.8 Å². The van der Waals surface area contributed by atoms with Crippen LogP contribution in [0, 0.1) is 11.6 Å². The van der Waals surface area contributed by atoms with Gasteiger partial charge in [-0.1, -0.05) is 17.3 Å². The molecule has 3 aromatic rings. The van der Waals surface area contributed by atoms with Crippen LogP contribution in [0.4, 0.5) is 8.78 Å². The maximum atomic E-state index is 13.3. The van der Waals surface area contributed by atoms with E-state index in [9.17, 15) is 13.6 Å². The molecule has 0 fully saturated rings. The molecule has 8 heteroatoms. The number of aromatic carboxylic acids is 1. The fourth-order valence-corrected chi connectivity index (χ4v) is 2.01. The van der Waals surface area contributed by atoms with Crippen LogP contribution in [-0.4, -0.2) is 26.5 Å². The van der Waals surface area contributed by atoms with E-state index in [-0.39, 0.29) is 17.3 Å². The highest BCUT2D eigenvalue weighted by Gasteiger charge is 2.17. The van der Waals surface area contributed by atoms with Gasteiger partial charge in [0.05, 0.1) is 0 Å². The Labute approximate surface area is 128 Å². The van der Waals surface area contributed by atoms with Gasteiger partial charge in [0.1, 0.15) is 17.4 Å². The summed E-state index contributed by atoms with van der Waals surface area (Å²) < 4.78 is 32.0. The lowest BCUT2D eigenvalue weighted by molar-refractivity contribution is 0.0687. The quantitative estimate of drug-likeness (QED) is 0.771. The van der Waals surface area contributed by atoms with Gasteiger partial charge in [0.2, 0.25) is 5.69 Å². The van der Waals surface area contributed by atoms with Gasteiger partial charge in [-0.25, -0.2) is 18.7 Å². The smallest absolute Gasteiger partial charge is 0.362 e. The lowest BCUT2D eigenvalue weighted by Crippen LogP contribution is -1.99. The summed E-state index contributed by atoms with van der Waals surface area (Å²) in [5.74, 6) is -2.56. The molecule has 2 N–H and O–H groups in total. The number of carboxylic acid groups (broad SMARTS) is 1. The van der Waals surface area contributed by atoms with Crippen LogP contribution in [-0.2, 0) is 0 Å². The van der Waals surface area contributed by atoms with Gasteiger partial charge in [0.25, 0.3) is 5.88 Å². The van der Waals surface area contributed by atoms with Crippen LogP contribution in [0.15, 0.2) is 42.5 Å². The van der Waals surface area contributed by atoms with Crippen LogP contribution in [0.25, 0.3) is 11.1 Å². The molecule has 3 rings (SSSR count). The Morgan fingerprint density at radius 3 is 2.52 bits per heavy atom. The SMILES string of the molecule is O=C(O)c1nn[nH]c1Oc1cccc(-c2cc(F)cc(F)c2)c1. The second kappa shape index (κ2) is 5.84. The van der Waals surface area contributed by atoms with E-state index in [1.165, 1.54) is 18.2 Å². The molecule has 23 heavy (non-hydrogen) atoms. The number of H-pyrrole nitrogens is 1. The number of rotatable bonds is 4. The summed E-state index contributed by atoms with van der Waals surface area (Å²) >= 11 is 0. The fourth-order valence-electron chi connectivity index (χ4n) is 2.01. The molecule has 0 saturated carbocycles. The molecule has 0 aliphatic carbocycles. The third-order valence-corrected chi connectivity index (χ3v) is 2.97. The van der Waals surface area contributed by atoms with E-state index >= 15 is 0 Å². The van der Waals surface area contributed by atoms with Crippen molar-refractivity contribution in [1.82, 2.24) is 15.4 Å². The van der Waals surface area contributed by atoms with Crippen molar-refractivity contribution in [2.75, 3.05) is 0 Å². The van der Waals surface area contributed by atoms with E-state index in [0.29, 0.717) is 11.1 Å². The maximum absolute atomic E-state index is 13.3. The highest BCUT2D eigenvalue weighted by Crippen LogP contribution is 2.28. The highest BCUT2D eigenvalue weighted by atomic mass is 19.1. The Morgan fingerprint density at radius 2 is 1.83 bits per heavy atom. The first-order chi connectivity index (χ1) is 11.0. The maximum Gasteiger partial charge on any atom is 0.362 e. The van der Waals surface area contributed by atoms with Crippen molar-refractivity contribution < 1.29 is 23.4 Å². The number of carboxylic acids is 1. The summed E-state index contributed by atoms with van der Waals surface area (Å²) in [4.78, 5) is 11.0. The summed E-state index contributed by atoms with van der Waals surface area (Å²) in [5, 5.41) is 18.0.